The fraction of sp³-hybridized carbons (Fsp3) is 0.333. The van der Waals surface area contributed by atoms with Crippen LogP contribution in [0.2, 0.25) is 0 Å². The summed E-state index contributed by atoms with van der Waals surface area (Å²) in [6.07, 6.45) is 4.70. The van der Waals surface area contributed by atoms with Crippen molar-refractivity contribution in [3.63, 3.8) is 0 Å². The van der Waals surface area contributed by atoms with Crippen LogP contribution >= 0.6 is 0 Å². The molecule has 0 aliphatic rings. The van der Waals surface area contributed by atoms with E-state index in [1.165, 1.54) is 11.7 Å². The molecule has 0 aliphatic heterocycles. The highest BCUT2D eigenvalue weighted by Gasteiger charge is 2.24. The van der Waals surface area contributed by atoms with Crippen LogP contribution in [0, 0.1) is 0 Å². The van der Waals surface area contributed by atoms with E-state index in [0.29, 0.717) is 47.2 Å². The predicted molar refractivity (Wildman–Crippen MR) is 144 cm³/mol. The van der Waals surface area contributed by atoms with Gasteiger partial charge in [0, 0.05) is 55.7 Å². The Labute approximate surface area is 220 Å². The largest absolute Gasteiger partial charge is 0.495 e. The zero-order valence-corrected chi connectivity index (χ0v) is 22.4. The maximum atomic E-state index is 13.3. The van der Waals surface area contributed by atoms with Gasteiger partial charge in [-0.15, -0.1) is 0 Å². The van der Waals surface area contributed by atoms with E-state index in [1.807, 2.05) is 40.1 Å². The number of nitrogens with zero attached hydrogens (tertiary/aromatic N) is 4. The third kappa shape index (κ3) is 5.94. The van der Waals surface area contributed by atoms with Gasteiger partial charge in [0.25, 0.3) is 5.91 Å². The number of aryl methyl sites for hydroxylation is 1. The fourth-order valence-electron chi connectivity index (χ4n) is 3.88. The number of amides is 1. The molecule has 11 heteroatoms. The van der Waals surface area contributed by atoms with Crippen LogP contribution in [0.4, 0.5) is 16.3 Å². The first-order chi connectivity index (χ1) is 18.1. The second-order valence-electron chi connectivity index (χ2n) is 9.67. The number of carbonyl (C=O) groups is 2. The van der Waals surface area contributed by atoms with E-state index in [1.54, 1.807) is 48.5 Å². The minimum Gasteiger partial charge on any atom is -0.495 e. The maximum Gasteiger partial charge on any atom is 0.419 e. The van der Waals surface area contributed by atoms with Crippen molar-refractivity contribution in [1.29, 1.82) is 0 Å². The number of ether oxygens (including phenoxy) is 3. The van der Waals surface area contributed by atoms with Crippen molar-refractivity contribution in [2.45, 2.75) is 26.4 Å². The molecule has 0 aliphatic carbocycles. The van der Waals surface area contributed by atoms with Gasteiger partial charge in [-0.25, -0.2) is 14.3 Å². The Balaban J connectivity index is 1.70. The van der Waals surface area contributed by atoms with Gasteiger partial charge in [-0.3, -0.25) is 9.48 Å². The Kier molecular flexibility index (Phi) is 7.67. The molecule has 4 rings (SSSR count). The second kappa shape index (κ2) is 10.9. The van der Waals surface area contributed by atoms with Gasteiger partial charge in [0.15, 0.2) is 0 Å². The predicted octanol–water partition coefficient (Wildman–Crippen LogP) is 4.35. The van der Waals surface area contributed by atoms with E-state index in [-0.39, 0.29) is 5.91 Å². The molecular weight excluding hydrogens is 488 g/mol. The van der Waals surface area contributed by atoms with Gasteiger partial charge in [-0.2, -0.15) is 5.10 Å². The lowest BCUT2D eigenvalue weighted by Gasteiger charge is -2.21. The summed E-state index contributed by atoms with van der Waals surface area (Å²) in [7, 11) is 4.91. The quantitative estimate of drug-likeness (QED) is 0.329. The number of anilines is 2. The molecule has 3 heterocycles. The highest BCUT2D eigenvalue weighted by atomic mass is 16.6. The van der Waals surface area contributed by atoms with Crippen LogP contribution in [0.25, 0.3) is 22.2 Å². The number of hydrogen-bond donors (Lipinski definition) is 2. The van der Waals surface area contributed by atoms with E-state index in [9.17, 15) is 9.59 Å². The van der Waals surface area contributed by atoms with Gasteiger partial charge in [-0.1, -0.05) is 0 Å². The van der Waals surface area contributed by atoms with Crippen LogP contribution in [0.1, 0.15) is 31.1 Å². The van der Waals surface area contributed by atoms with Crippen LogP contribution in [-0.4, -0.2) is 64.3 Å². The summed E-state index contributed by atoms with van der Waals surface area (Å²) < 4.78 is 19.4. The summed E-state index contributed by atoms with van der Waals surface area (Å²) in [6, 6.07) is 8.72. The number of benzene rings is 1. The molecule has 4 aromatic rings. The lowest BCUT2D eigenvalue weighted by Crippen LogP contribution is -2.27. The molecule has 0 unspecified atom stereocenters. The minimum atomic E-state index is -0.682. The van der Waals surface area contributed by atoms with Crippen molar-refractivity contribution in [1.82, 2.24) is 24.6 Å². The molecule has 1 aromatic carbocycles. The topological polar surface area (TPSA) is 122 Å². The van der Waals surface area contributed by atoms with Gasteiger partial charge in [0.1, 0.15) is 17.2 Å². The van der Waals surface area contributed by atoms with E-state index in [0.717, 1.165) is 10.9 Å². The lowest BCUT2D eigenvalue weighted by atomic mass is 10.1. The Morgan fingerprint density at radius 3 is 2.53 bits per heavy atom. The van der Waals surface area contributed by atoms with E-state index in [4.69, 9.17) is 14.2 Å². The van der Waals surface area contributed by atoms with Crippen molar-refractivity contribution in [3.05, 3.63) is 54.5 Å². The molecule has 2 N–H and O–H groups in total. The molecule has 0 saturated carbocycles. The highest BCUT2D eigenvalue weighted by Crippen LogP contribution is 2.32. The monoisotopic (exact) mass is 520 g/mol. The first-order valence-corrected chi connectivity index (χ1v) is 12.1. The number of hydrogen-bond acceptors (Lipinski definition) is 8. The van der Waals surface area contributed by atoms with E-state index < -0.39 is 11.7 Å². The first kappa shape index (κ1) is 26.7. The Morgan fingerprint density at radius 2 is 1.87 bits per heavy atom. The second-order valence-corrected chi connectivity index (χ2v) is 9.67. The van der Waals surface area contributed by atoms with Crippen LogP contribution in [0.15, 0.2) is 48.9 Å². The van der Waals surface area contributed by atoms with Gasteiger partial charge in [0.2, 0.25) is 0 Å². The van der Waals surface area contributed by atoms with Crippen LogP contribution in [0.3, 0.4) is 0 Å². The molecule has 0 atom stereocenters. The summed E-state index contributed by atoms with van der Waals surface area (Å²) in [4.78, 5) is 30.3. The molecule has 0 radical (unpaired) electrons. The maximum absolute atomic E-state index is 13.3. The summed E-state index contributed by atoms with van der Waals surface area (Å²) in [6.45, 7) is 6.29. The standard InChI is InChI=1S/C27H32N6O5/c1-27(2,3)38-26(35)33-21(19-15-30-32(4)16-19)11-18-14-29-24(13-22(18)33)31-20-8-7-17(12-23(20)37-6)25(34)28-9-10-36-5/h7-8,11-16H,9-10H2,1-6H3,(H,28,34)(H,29,31). The zero-order chi connectivity index (χ0) is 27.4. The third-order valence-electron chi connectivity index (χ3n) is 5.58. The van der Waals surface area contributed by atoms with Crippen molar-refractivity contribution in [3.8, 4) is 17.0 Å². The summed E-state index contributed by atoms with van der Waals surface area (Å²) in [5.74, 6) is 0.711. The lowest BCUT2D eigenvalue weighted by molar-refractivity contribution is 0.0547. The zero-order valence-electron chi connectivity index (χ0n) is 22.4. The highest BCUT2D eigenvalue weighted by molar-refractivity contribution is 5.97. The first-order valence-electron chi connectivity index (χ1n) is 12.1. The summed E-state index contributed by atoms with van der Waals surface area (Å²) in [5, 5.41) is 11.0. The molecule has 200 valence electrons. The summed E-state index contributed by atoms with van der Waals surface area (Å²) >= 11 is 0. The average Bonchev–Trinajstić information content (AvgIpc) is 3.46. The number of pyridine rings is 1. The van der Waals surface area contributed by atoms with Gasteiger partial charge >= 0.3 is 6.09 Å². The molecular formula is C27H32N6O5. The molecule has 3 aromatic heterocycles. The number of fused-ring (bicyclic) bond motifs is 1. The van der Waals surface area contributed by atoms with Gasteiger partial charge in [0.05, 0.1) is 36.8 Å². The normalized spacial score (nSPS) is 11.4. The smallest absolute Gasteiger partial charge is 0.419 e. The molecule has 0 saturated heterocycles. The number of nitrogens with one attached hydrogen (secondary N) is 2. The van der Waals surface area contributed by atoms with Gasteiger partial charge in [-0.05, 0) is 45.0 Å². The van der Waals surface area contributed by atoms with E-state index in [2.05, 4.69) is 20.7 Å². The number of aromatic nitrogens is 4. The Morgan fingerprint density at radius 1 is 1.08 bits per heavy atom. The Hall–Kier alpha value is -4.38. The number of rotatable bonds is 8. The van der Waals surface area contributed by atoms with Crippen molar-refractivity contribution >= 4 is 34.4 Å². The third-order valence-corrected chi connectivity index (χ3v) is 5.58. The van der Waals surface area contributed by atoms with Crippen molar-refractivity contribution < 1.29 is 23.8 Å². The molecule has 38 heavy (non-hydrogen) atoms. The SMILES string of the molecule is COCCNC(=O)c1ccc(Nc2cc3c(cn2)cc(-c2cnn(C)c2)n3C(=O)OC(C)(C)C)c(OC)c1. The van der Waals surface area contributed by atoms with Crippen molar-refractivity contribution in [2.75, 3.05) is 32.7 Å². The number of carbonyl (C=O) groups excluding carboxylic acids is 2. The van der Waals surface area contributed by atoms with E-state index >= 15 is 0 Å². The molecule has 1 amide bonds. The summed E-state index contributed by atoms with van der Waals surface area (Å²) in [5.41, 5.74) is 2.40. The van der Waals surface area contributed by atoms with Crippen LogP contribution in [0.5, 0.6) is 5.75 Å². The molecule has 0 bridgehead atoms. The average molecular weight is 521 g/mol. The molecule has 0 spiro atoms. The molecule has 0 fully saturated rings. The fourth-order valence-corrected chi connectivity index (χ4v) is 3.88. The minimum absolute atomic E-state index is 0.232. The Bertz CT molecular complexity index is 1470. The number of methoxy groups -OCH3 is 2. The molecule has 11 nitrogen and oxygen atoms in total. The van der Waals surface area contributed by atoms with Gasteiger partial charge < -0.3 is 24.8 Å². The van der Waals surface area contributed by atoms with Crippen LogP contribution < -0.4 is 15.4 Å². The van der Waals surface area contributed by atoms with Crippen molar-refractivity contribution in [2.24, 2.45) is 7.05 Å². The van der Waals surface area contributed by atoms with Crippen LogP contribution in [-0.2, 0) is 16.5 Å².